The molecule has 2 heteroatoms. The van der Waals surface area contributed by atoms with Crippen LogP contribution >= 0.6 is 11.6 Å². The molecule has 0 saturated carbocycles. The van der Waals surface area contributed by atoms with E-state index in [9.17, 15) is 0 Å². The molecule has 2 aromatic rings. The van der Waals surface area contributed by atoms with Crippen molar-refractivity contribution in [2.24, 2.45) is 0 Å². The predicted molar refractivity (Wildman–Crippen MR) is 91.9 cm³/mol. The molecule has 1 N–H and O–H groups in total. The Kier molecular flexibility index (Phi) is 6.78. The molecule has 112 valence electrons. The van der Waals surface area contributed by atoms with Crippen LogP contribution in [0.5, 0.6) is 0 Å². The number of aryl methyl sites for hydroxylation is 1. The van der Waals surface area contributed by atoms with Crippen molar-refractivity contribution in [2.45, 2.75) is 38.6 Å². The highest BCUT2D eigenvalue weighted by Crippen LogP contribution is 2.26. The lowest BCUT2D eigenvalue weighted by molar-refractivity contribution is 0.484. The molecular formula is C19H24ClN. The van der Waals surface area contributed by atoms with Gasteiger partial charge in [-0.25, -0.2) is 0 Å². The maximum absolute atomic E-state index is 6.35. The summed E-state index contributed by atoms with van der Waals surface area (Å²) in [6, 6.07) is 19.2. The third kappa shape index (κ3) is 5.18. The van der Waals surface area contributed by atoms with E-state index in [0.717, 1.165) is 37.3 Å². The first-order chi connectivity index (χ1) is 10.3. The van der Waals surface area contributed by atoms with Crippen molar-refractivity contribution < 1.29 is 0 Å². The molecule has 0 aliphatic carbocycles. The molecule has 1 atom stereocenters. The van der Waals surface area contributed by atoms with Crippen LogP contribution in [-0.2, 0) is 6.42 Å². The van der Waals surface area contributed by atoms with Gasteiger partial charge in [0, 0.05) is 11.1 Å². The van der Waals surface area contributed by atoms with Gasteiger partial charge in [0.25, 0.3) is 0 Å². The zero-order valence-corrected chi connectivity index (χ0v) is 13.4. The summed E-state index contributed by atoms with van der Waals surface area (Å²) in [5.74, 6) is 0. The van der Waals surface area contributed by atoms with Gasteiger partial charge in [-0.3, -0.25) is 0 Å². The Bertz CT molecular complexity index is 524. The Morgan fingerprint density at radius 3 is 2.43 bits per heavy atom. The molecule has 1 unspecified atom stereocenters. The maximum atomic E-state index is 6.35. The van der Waals surface area contributed by atoms with Crippen molar-refractivity contribution in [3.63, 3.8) is 0 Å². The lowest BCUT2D eigenvalue weighted by Gasteiger charge is -2.20. The maximum Gasteiger partial charge on any atom is 0.0453 e. The Labute approximate surface area is 133 Å². The smallest absolute Gasteiger partial charge is 0.0453 e. The van der Waals surface area contributed by atoms with Gasteiger partial charge in [0.15, 0.2) is 0 Å². The second-order valence-electron chi connectivity index (χ2n) is 5.41. The average molecular weight is 302 g/mol. The highest BCUT2D eigenvalue weighted by Gasteiger charge is 2.13. The van der Waals surface area contributed by atoms with E-state index in [1.165, 1.54) is 11.1 Å². The molecule has 0 spiro atoms. The molecule has 0 aliphatic heterocycles. The molecule has 0 aromatic heterocycles. The third-order valence-corrected chi connectivity index (χ3v) is 4.07. The SMILES string of the molecule is CCCNC(CCCc1ccccc1)c1ccccc1Cl. The van der Waals surface area contributed by atoms with Gasteiger partial charge in [0.05, 0.1) is 0 Å². The first-order valence-electron chi connectivity index (χ1n) is 7.83. The second kappa shape index (κ2) is 8.86. The van der Waals surface area contributed by atoms with Crippen molar-refractivity contribution in [3.05, 3.63) is 70.7 Å². The van der Waals surface area contributed by atoms with Crippen LogP contribution in [0.25, 0.3) is 0 Å². The molecular weight excluding hydrogens is 278 g/mol. The van der Waals surface area contributed by atoms with Crippen molar-refractivity contribution in [1.82, 2.24) is 5.32 Å². The van der Waals surface area contributed by atoms with Gasteiger partial charge in [-0.05, 0) is 49.4 Å². The van der Waals surface area contributed by atoms with Crippen LogP contribution in [0.1, 0.15) is 43.4 Å². The van der Waals surface area contributed by atoms with E-state index >= 15 is 0 Å². The molecule has 0 heterocycles. The molecule has 2 rings (SSSR count). The van der Waals surface area contributed by atoms with Gasteiger partial charge in [0.2, 0.25) is 0 Å². The second-order valence-corrected chi connectivity index (χ2v) is 5.81. The fourth-order valence-electron chi connectivity index (χ4n) is 2.60. The van der Waals surface area contributed by atoms with Crippen LogP contribution in [0.15, 0.2) is 54.6 Å². The van der Waals surface area contributed by atoms with E-state index in [4.69, 9.17) is 11.6 Å². The minimum absolute atomic E-state index is 0.349. The van der Waals surface area contributed by atoms with Gasteiger partial charge in [-0.1, -0.05) is 67.1 Å². The Morgan fingerprint density at radius 1 is 1.00 bits per heavy atom. The zero-order chi connectivity index (χ0) is 14.9. The molecule has 1 nitrogen and oxygen atoms in total. The number of halogens is 1. The molecule has 0 saturated heterocycles. The zero-order valence-electron chi connectivity index (χ0n) is 12.7. The van der Waals surface area contributed by atoms with Crippen molar-refractivity contribution in [1.29, 1.82) is 0 Å². The standard InChI is InChI=1S/C19H24ClN/c1-2-15-21-19(17-12-6-7-13-18(17)20)14-8-11-16-9-4-3-5-10-16/h3-7,9-10,12-13,19,21H,2,8,11,14-15H2,1H3. The van der Waals surface area contributed by atoms with Crippen molar-refractivity contribution >= 4 is 11.6 Å². The van der Waals surface area contributed by atoms with E-state index < -0.39 is 0 Å². The molecule has 0 bridgehead atoms. The highest BCUT2D eigenvalue weighted by atomic mass is 35.5. The summed E-state index contributed by atoms with van der Waals surface area (Å²) in [5.41, 5.74) is 2.63. The number of benzene rings is 2. The van der Waals surface area contributed by atoms with Crippen LogP contribution in [-0.4, -0.2) is 6.54 Å². The number of hydrogen-bond donors (Lipinski definition) is 1. The van der Waals surface area contributed by atoms with Crippen molar-refractivity contribution in [3.8, 4) is 0 Å². The summed E-state index contributed by atoms with van der Waals surface area (Å²) in [7, 11) is 0. The molecule has 2 aromatic carbocycles. The first kappa shape index (κ1) is 16.1. The minimum Gasteiger partial charge on any atom is -0.310 e. The number of hydrogen-bond acceptors (Lipinski definition) is 1. The summed E-state index contributed by atoms with van der Waals surface area (Å²) >= 11 is 6.35. The van der Waals surface area contributed by atoms with Gasteiger partial charge < -0.3 is 5.32 Å². The summed E-state index contributed by atoms with van der Waals surface area (Å²) in [5, 5.41) is 4.49. The Balaban J connectivity index is 1.95. The van der Waals surface area contributed by atoms with Crippen molar-refractivity contribution in [2.75, 3.05) is 6.54 Å². The van der Waals surface area contributed by atoms with E-state index in [1.54, 1.807) is 0 Å². The molecule has 0 aliphatic rings. The summed E-state index contributed by atoms with van der Waals surface area (Å²) < 4.78 is 0. The summed E-state index contributed by atoms with van der Waals surface area (Å²) in [6.07, 6.45) is 4.53. The summed E-state index contributed by atoms with van der Waals surface area (Å²) in [6.45, 7) is 3.22. The summed E-state index contributed by atoms with van der Waals surface area (Å²) in [4.78, 5) is 0. The molecule has 0 fully saturated rings. The van der Waals surface area contributed by atoms with E-state index in [1.807, 2.05) is 12.1 Å². The minimum atomic E-state index is 0.349. The quantitative estimate of drug-likeness (QED) is 0.688. The molecule has 0 amide bonds. The van der Waals surface area contributed by atoms with Gasteiger partial charge in [-0.2, -0.15) is 0 Å². The third-order valence-electron chi connectivity index (χ3n) is 3.72. The molecule has 21 heavy (non-hydrogen) atoms. The van der Waals surface area contributed by atoms with Gasteiger partial charge in [0.1, 0.15) is 0 Å². The fraction of sp³-hybridized carbons (Fsp3) is 0.368. The largest absolute Gasteiger partial charge is 0.310 e. The number of rotatable bonds is 8. The van der Waals surface area contributed by atoms with E-state index in [0.29, 0.717) is 6.04 Å². The Morgan fingerprint density at radius 2 is 1.71 bits per heavy atom. The first-order valence-corrected chi connectivity index (χ1v) is 8.20. The van der Waals surface area contributed by atoms with E-state index in [2.05, 4.69) is 54.7 Å². The lowest BCUT2D eigenvalue weighted by Crippen LogP contribution is -2.22. The van der Waals surface area contributed by atoms with Crippen LogP contribution < -0.4 is 5.32 Å². The normalized spacial score (nSPS) is 12.3. The predicted octanol–water partition coefficient (Wildman–Crippen LogP) is 5.40. The Hall–Kier alpha value is -1.31. The van der Waals surface area contributed by atoms with Crippen LogP contribution in [0, 0.1) is 0 Å². The van der Waals surface area contributed by atoms with Crippen LogP contribution in [0.4, 0.5) is 0 Å². The van der Waals surface area contributed by atoms with Gasteiger partial charge >= 0.3 is 0 Å². The lowest BCUT2D eigenvalue weighted by atomic mass is 9.99. The van der Waals surface area contributed by atoms with Gasteiger partial charge in [-0.15, -0.1) is 0 Å². The van der Waals surface area contributed by atoms with E-state index in [-0.39, 0.29) is 0 Å². The van der Waals surface area contributed by atoms with Crippen LogP contribution in [0.3, 0.4) is 0 Å². The molecule has 0 radical (unpaired) electrons. The topological polar surface area (TPSA) is 12.0 Å². The fourth-order valence-corrected chi connectivity index (χ4v) is 2.87. The monoisotopic (exact) mass is 301 g/mol. The average Bonchev–Trinajstić information content (AvgIpc) is 2.52. The number of nitrogens with one attached hydrogen (secondary N) is 1. The van der Waals surface area contributed by atoms with Crippen LogP contribution in [0.2, 0.25) is 5.02 Å². The highest BCUT2D eigenvalue weighted by molar-refractivity contribution is 6.31.